The fourth-order valence-corrected chi connectivity index (χ4v) is 1.67. The summed E-state index contributed by atoms with van der Waals surface area (Å²) >= 11 is 0. The minimum absolute atomic E-state index is 0.0135. The van der Waals surface area contributed by atoms with Crippen LogP contribution in [0.15, 0.2) is 18.2 Å². The molecule has 0 aliphatic carbocycles. The predicted octanol–water partition coefficient (Wildman–Crippen LogP) is 0.910. The van der Waals surface area contributed by atoms with Gasteiger partial charge in [0.2, 0.25) is 0 Å². The third-order valence-electron chi connectivity index (χ3n) is 2.58. The molecule has 1 aromatic carbocycles. The molecule has 1 N–H and O–H groups in total. The summed E-state index contributed by atoms with van der Waals surface area (Å²) in [5.41, 5.74) is 0.327. The molecule has 0 saturated heterocycles. The van der Waals surface area contributed by atoms with E-state index in [-0.39, 0.29) is 24.4 Å². The summed E-state index contributed by atoms with van der Waals surface area (Å²) in [7, 11) is 3.18. The van der Waals surface area contributed by atoms with E-state index in [0.29, 0.717) is 5.69 Å². The molecule has 0 amide bonds. The topological polar surface area (TPSA) is 99.6 Å². The lowest BCUT2D eigenvalue weighted by Crippen LogP contribution is -2.31. The van der Waals surface area contributed by atoms with Gasteiger partial charge in [-0.25, -0.2) is 0 Å². The van der Waals surface area contributed by atoms with Gasteiger partial charge in [0.1, 0.15) is 11.6 Å². The number of nitriles is 1. The van der Waals surface area contributed by atoms with Crippen LogP contribution in [0.3, 0.4) is 0 Å². The summed E-state index contributed by atoms with van der Waals surface area (Å²) in [6.07, 6.45) is -0.690. The van der Waals surface area contributed by atoms with E-state index in [4.69, 9.17) is 10.00 Å². The second-order valence-electron chi connectivity index (χ2n) is 4.06. The second-order valence-corrected chi connectivity index (χ2v) is 4.06. The molecular formula is C12H15N3O4. The zero-order valence-corrected chi connectivity index (χ0v) is 10.7. The highest BCUT2D eigenvalue weighted by molar-refractivity contribution is 5.60. The van der Waals surface area contributed by atoms with Gasteiger partial charge in [0, 0.05) is 32.5 Å². The van der Waals surface area contributed by atoms with Crippen LogP contribution in [0.25, 0.3) is 0 Å². The van der Waals surface area contributed by atoms with Crippen molar-refractivity contribution in [2.24, 2.45) is 0 Å². The first-order chi connectivity index (χ1) is 8.99. The van der Waals surface area contributed by atoms with Gasteiger partial charge in [-0.1, -0.05) is 0 Å². The highest BCUT2D eigenvalue weighted by Crippen LogP contribution is 2.24. The highest BCUT2D eigenvalue weighted by Gasteiger charge is 2.17. The summed E-state index contributed by atoms with van der Waals surface area (Å²) in [5, 5.41) is 29.2. The minimum Gasteiger partial charge on any atom is -0.389 e. The van der Waals surface area contributed by atoms with Gasteiger partial charge in [-0.3, -0.25) is 10.1 Å². The average Bonchev–Trinajstić information content (AvgIpc) is 2.37. The zero-order valence-electron chi connectivity index (χ0n) is 10.7. The van der Waals surface area contributed by atoms with Crippen LogP contribution in [0, 0.1) is 21.4 Å². The molecule has 1 aromatic rings. The molecule has 7 nitrogen and oxygen atoms in total. The lowest BCUT2D eigenvalue weighted by molar-refractivity contribution is -0.385. The van der Waals surface area contributed by atoms with Gasteiger partial charge < -0.3 is 14.7 Å². The molecule has 0 radical (unpaired) electrons. The first-order valence-corrected chi connectivity index (χ1v) is 5.56. The number of hydrogen-bond acceptors (Lipinski definition) is 6. The third-order valence-corrected chi connectivity index (χ3v) is 2.58. The Morgan fingerprint density at radius 2 is 2.32 bits per heavy atom. The number of aliphatic hydroxyl groups is 1. The van der Waals surface area contributed by atoms with Crippen LogP contribution in [0.4, 0.5) is 11.4 Å². The highest BCUT2D eigenvalue weighted by atomic mass is 16.6. The van der Waals surface area contributed by atoms with Gasteiger partial charge in [0.15, 0.2) is 0 Å². The second kappa shape index (κ2) is 6.68. The van der Waals surface area contributed by atoms with E-state index >= 15 is 0 Å². The van der Waals surface area contributed by atoms with Crippen LogP contribution >= 0.6 is 0 Å². The van der Waals surface area contributed by atoms with Crippen LogP contribution in [0.5, 0.6) is 0 Å². The Balaban J connectivity index is 2.93. The van der Waals surface area contributed by atoms with Crippen molar-refractivity contribution in [3.63, 3.8) is 0 Å². The number of anilines is 1. The number of rotatable bonds is 6. The number of nitro groups is 1. The van der Waals surface area contributed by atoms with Gasteiger partial charge >= 0.3 is 0 Å². The molecule has 1 rings (SSSR count). The predicted molar refractivity (Wildman–Crippen MR) is 69.0 cm³/mol. The zero-order chi connectivity index (χ0) is 14.4. The van der Waals surface area contributed by atoms with Gasteiger partial charge in [-0.2, -0.15) is 5.26 Å². The van der Waals surface area contributed by atoms with Crippen molar-refractivity contribution in [2.75, 3.05) is 32.2 Å². The van der Waals surface area contributed by atoms with Gasteiger partial charge in [0.05, 0.1) is 17.6 Å². The number of nitro benzene ring substituents is 1. The molecule has 0 aromatic heterocycles. The Kier molecular flexibility index (Phi) is 5.23. The summed E-state index contributed by atoms with van der Waals surface area (Å²) in [6.45, 7) is 0.458. The Labute approximate surface area is 110 Å². The Hall–Kier alpha value is -2.17. The largest absolute Gasteiger partial charge is 0.389 e. The first kappa shape index (κ1) is 14.9. The summed E-state index contributed by atoms with van der Waals surface area (Å²) in [6, 6.07) is 6.09. The van der Waals surface area contributed by atoms with Crippen molar-refractivity contribution in [2.45, 2.75) is 6.10 Å². The maximum atomic E-state index is 10.8. The molecular weight excluding hydrogens is 250 g/mol. The number of methoxy groups -OCH3 is 1. The number of aliphatic hydroxyl groups excluding tert-OH is 1. The summed E-state index contributed by atoms with van der Waals surface area (Å²) < 4.78 is 4.81. The fraction of sp³-hybridized carbons (Fsp3) is 0.417. The van der Waals surface area contributed by atoms with Crippen LogP contribution in [-0.2, 0) is 4.74 Å². The molecule has 19 heavy (non-hydrogen) atoms. The summed E-state index contributed by atoms with van der Waals surface area (Å²) in [5.74, 6) is 0. The monoisotopic (exact) mass is 265 g/mol. The van der Waals surface area contributed by atoms with Crippen molar-refractivity contribution in [3.05, 3.63) is 33.9 Å². The van der Waals surface area contributed by atoms with Crippen LogP contribution in [0.1, 0.15) is 5.56 Å². The van der Waals surface area contributed by atoms with Crippen molar-refractivity contribution in [1.29, 1.82) is 5.26 Å². The van der Waals surface area contributed by atoms with E-state index in [1.54, 1.807) is 24.1 Å². The quantitative estimate of drug-likeness (QED) is 0.606. The molecule has 7 heteroatoms. The molecule has 102 valence electrons. The molecule has 0 spiro atoms. The molecule has 0 aliphatic rings. The maximum Gasteiger partial charge on any atom is 0.289 e. The van der Waals surface area contributed by atoms with Crippen LogP contribution in [0.2, 0.25) is 0 Å². The molecule has 0 bridgehead atoms. The van der Waals surface area contributed by atoms with Crippen molar-refractivity contribution >= 4 is 11.4 Å². The number of benzene rings is 1. The minimum atomic E-state index is -0.690. The summed E-state index contributed by atoms with van der Waals surface area (Å²) in [4.78, 5) is 11.9. The third kappa shape index (κ3) is 3.91. The lowest BCUT2D eigenvalue weighted by atomic mass is 10.1. The lowest BCUT2D eigenvalue weighted by Gasteiger charge is -2.22. The standard InChI is InChI=1S/C12H15N3O4/c1-14(7-11(16)8-19-2)10-4-3-9(6-13)12(5-10)15(17)18/h3-5,11,16H,7-8H2,1-2H3. The smallest absolute Gasteiger partial charge is 0.289 e. The Bertz CT molecular complexity index is 498. The normalized spacial score (nSPS) is 11.7. The van der Waals surface area contributed by atoms with Gasteiger partial charge in [0.25, 0.3) is 5.69 Å². The van der Waals surface area contributed by atoms with Crippen molar-refractivity contribution in [3.8, 4) is 6.07 Å². The van der Waals surface area contributed by atoms with Crippen molar-refractivity contribution < 1.29 is 14.8 Å². The number of hydrogen-bond donors (Lipinski definition) is 1. The van der Waals surface area contributed by atoms with E-state index in [1.165, 1.54) is 19.2 Å². The molecule has 0 fully saturated rings. The number of nitrogens with zero attached hydrogens (tertiary/aromatic N) is 3. The molecule has 1 atom stereocenters. The van der Waals surface area contributed by atoms with E-state index in [9.17, 15) is 15.2 Å². The van der Waals surface area contributed by atoms with E-state index < -0.39 is 11.0 Å². The van der Waals surface area contributed by atoms with E-state index in [2.05, 4.69) is 0 Å². The molecule has 0 aliphatic heterocycles. The maximum absolute atomic E-state index is 10.8. The van der Waals surface area contributed by atoms with Gasteiger partial charge in [-0.15, -0.1) is 0 Å². The van der Waals surface area contributed by atoms with E-state index in [1.807, 2.05) is 0 Å². The van der Waals surface area contributed by atoms with Crippen molar-refractivity contribution in [1.82, 2.24) is 0 Å². The first-order valence-electron chi connectivity index (χ1n) is 5.56. The van der Waals surface area contributed by atoms with Gasteiger partial charge in [-0.05, 0) is 12.1 Å². The van der Waals surface area contributed by atoms with Crippen LogP contribution in [-0.4, -0.2) is 43.4 Å². The number of ether oxygens (including phenoxy) is 1. The number of likely N-dealkylation sites (N-methyl/N-ethyl adjacent to an activating group) is 1. The van der Waals surface area contributed by atoms with Crippen LogP contribution < -0.4 is 4.90 Å². The Morgan fingerprint density at radius 3 is 2.84 bits per heavy atom. The fourth-order valence-electron chi connectivity index (χ4n) is 1.67. The SMILES string of the molecule is COCC(O)CN(C)c1ccc(C#N)c([N+](=O)[O-])c1. The molecule has 0 heterocycles. The molecule has 1 unspecified atom stereocenters. The molecule has 0 saturated carbocycles. The van der Waals surface area contributed by atoms with E-state index in [0.717, 1.165) is 0 Å². The average molecular weight is 265 g/mol. The Morgan fingerprint density at radius 1 is 1.63 bits per heavy atom.